The van der Waals surface area contributed by atoms with E-state index in [1.165, 1.54) is 5.56 Å². The third-order valence-corrected chi connectivity index (χ3v) is 5.89. The second kappa shape index (κ2) is 9.26. The Labute approximate surface area is 174 Å². The molecule has 2 fully saturated rings. The number of hydrogen-bond donors (Lipinski definition) is 2. The minimum absolute atomic E-state index is 0.0923. The molecule has 1 spiro atoms. The Hall–Kier alpha value is -1.92. The fourth-order valence-corrected chi connectivity index (χ4v) is 4.29. The van der Waals surface area contributed by atoms with Crippen LogP contribution in [0.1, 0.15) is 62.4 Å². The molecular weight excluding hydrogens is 366 g/mol. The van der Waals surface area contributed by atoms with E-state index in [0.717, 1.165) is 25.9 Å². The normalized spacial score (nSPS) is 22.6. The molecule has 29 heavy (non-hydrogen) atoms. The van der Waals surface area contributed by atoms with E-state index in [1.54, 1.807) is 0 Å². The van der Waals surface area contributed by atoms with E-state index in [1.807, 2.05) is 24.3 Å². The summed E-state index contributed by atoms with van der Waals surface area (Å²) < 4.78 is 5.53. The molecule has 0 radical (unpaired) electrons. The molecule has 0 saturated carbocycles. The van der Waals surface area contributed by atoms with Gasteiger partial charge in [0.05, 0.1) is 5.54 Å². The average Bonchev–Trinajstić information content (AvgIpc) is 2.78. The highest BCUT2D eigenvalue weighted by Gasteiger charge is 2.41. The van der Waals surface area contributed by atoms with Gasteiger partial charge in [-0.1, -0.05) is 39.8 Å². The molecular formula is C23H35N3O3. The summed E-state index contributed by atoms with van der Waals surface area (Å²) in [6, 6.07) is 7.08. The van der Waals surface area contributed by atoms with Crippen LogP contribution in [0.15, 0.2) is 24.3 Å². The zero-order valence-electron chi connectivity index (χ0n) is 18.2. The second-order valence-electron chi connectivity index (χ2n) is 9.27. The molecule has 160 valence electrons. The molecule has 2 saturated heterocycles. The van der Waals surface area contributed by atoms with Crippen LogP contribution in [0.2, 0.25) is 0 Å². The number of carbonyl (C=O) groups is 2. The first-order valence-corrected chi connectivity index (χ1v) is 10.8. The monoisotopic (exact) mass is 401 g/mol. The largest absolute Gasteiger partial charge is 0.381 e. The molecule has 2 aliphatic rings. The number of nitrogens with zero attached hydrogens (tertiary/aromatic N) is 1. The molecule has 6 nitrogen and oxygen atoms in total. The summed E-state index contributed by atoms with van der Waals surface area (Å²) in [4.78, 5) is 28.2. The first-order chi connectivity index (χ1) is 13.8. The fraction of sp³-hybridized carbons (Fsp3) is 0.652. The van der Waals surface area contributed by atoms with Crippen molar-refractivity contribution in [3.63, 3.8) is 0 Å². The number of benzene rings is 1. The zero-order chi connectivity index (χ0) is 21.0. The summed E-state index contributed by atoms with van der Waals surface area (Å²) in [5, 5.41) is 6.23. The van der Waals surface area contributed by atoms with Crippen LogP contribution in [0.25, 0.3) is 0 Å². The number of nitrogens with one attached hydrogen (secondary N) is 2. The molecule has 2 heterocycles. The quantitative estimate of drug-likeness (QED) is 0.796. The maximum absolute atomic E-state index is 13.0. The van der Waals surface area contributed by atoms with Crippen molar-refractivity contribution in [1.29, 1.82) is 0 Å². The van der Waals surface area contributed by atoms with Crippen LogP contribution in [-0.4, -0.2) is 61.1 Å². The highest BCUT2D eigenvalue weighted by Crippen LogP contribution is 2.25. The van der Waals surface area contributed by atoms with Crippen LogP contribution < -0.4 is 10.6 Å². The number of carbonyl (C=O) groups excluding carboxylic acids is 2. The van der Waals surface area contributed by atoms with Crippen LogP contribution in [0.3, 0.4) is 0 Å². The predicted octanol–water partition coefficient (Wildman–Crippen LogP) is 2.55. The summed E-state index contributed by atoms with van der Waals surface area (Å²) >= 11 is 0. The topological polar surface area (TPSA) is 70.7 Å². The van der Waals surface area contributed by atoms with Gasteiger partial charge in [-0.3, -0.25) is 14.5 Å². The van der Waals surface area contributed by atoms with E-state index < -0.39 is 6.04 Å². The van der Waals surface area contributed by atoms with Crippen molar-refractivity contribution in [2.24, 2.45) is 5.92 Å². The lowest BCUT2D eigenvalue weighted by atomic mass is 9.89. The summed E-state index contributed by atoms with van der Waals surface area (Å²) in [6.07, 6.45) is 1.62. The van der Waals surface area contributed by atoms with Gasteiger partial charge >= 0.3 is 0 Å². The van der Waals surface area contributed by atoms with Gasteiger partial charge in [0.1, 0.15) is 6.04 Å². The van der Waals surface area contributed by atoms with Gasteiger partial charge in [-0.05, 0) is 42.4 Å². The van der Waals surface area contributed by atoms with Crippen molar-refractivity contribution in [2.75, 3.05) is 32.8 Å². The summed E-state index contributed by atoms with van der Waals surface area (Å²) in [5.41, 5.74) is 1.52. The molecule has 1 atom stereocenters. The summed E-state index contributed by atoms with van der Waals surface area (Å²) in [5.74, 6) is 0.609. The lowest BCUT2D eigenvalue weighted by Gasteiger charge is -2.39. The first kappa shape index (κ1) is 21.8. The highest BCUT2D eigenvalue weighted by atomic mass is 16.5. The number of ether oxygens (including phenoxy) is 1. The SMILES string of the molecule is CC(C)CN1CC(NC(=O)c2ccc(C(C)C)cc2)C(=O)NC2(CCOCC2)C1. The second-order valence-corrected chi connectivity index (χ2v) is 9.27. The van der Waals surface area contributed by atoms with E-state index in [4.69, 9.17) is 4.74 Å². The van der Waals surface area contributed by atoms with Gasteiger partial charge in [-0.25, -0.2) is 0 Å². The summed E-state index contributed by atoms with van der Waals surface area (Å²) in [7, 11) is 0. The third kappa shape index (κ3) is 5.58. The van der Waals surface area contributed by atoms with Crippen molar-refractivity contribution in [2.45, 2.75) is 58.0 Å². The van der Waals surface area contributed by atoms with Crippen LogP contribution in [0.5, 0.6) is 0 Å². The Balaban J connectivity index is 1.74. The summed E-state index contributed by atoms with van der Waals surface area (Å²) in [6.45, 7) is 12.2. The molecule has 2 amide bonds. The molecule has 3 rings (SSSR count). The zero-order valence-corrected chi connectivity index (χ0v) is 18.2. The van der Waals surface area contributed by atoms with E-state index in [0.29, 0.717) is 37.2 Å². The highest BCUT2D eigenvalue weighted by molar-refractivity contribution is 5.97. The number of hydrogen-bond acceptors (Lipinski definition) is 4. The molecule has 2 N–H and O–H groups in total. The van der Waals surface area contributed by atoms with E-state index >= 15 is 0 Å². The Kier molecular flexibility index (Phi) is 6.96. The van der Waals surface area contributed by atoms with E-state index in [-0.39, 0.29) is 17.4 Å². The van der Waals surface area contributed by atoms with Gasteiger partial charge in [0.15, 0.2) is 0 Å². The molecule has 6 heteroatoms. The average molecular weight is 402 g/mol. The van der Waals surface area contributed by atoms with Crippen LogP contribution in [0.4, 0.5) is 0 Å². The number of rotatable bonds is 5. The van der Waals surface area contributed by atoms with Crippen molar-refractivity contribution in [1.82, 2.24) is 15.5 Å². The maximum Gasteiger partial charge on any atom is 0.251 e. The third-order valence-electron chi connectivity index (χ3n) is 5.89. The standard InChI is InChI=1S/C23H35N3O3/c1-16(2)13-26-14-20(22(28)25-23(15-26)9-11-29-12-10-23)24-21(27)19-7-5-18(6-8-19)17(3)4/h5-8,16-17,20H,9-15H2,1-4H3,(H,24,27)(H,25,28). The Bertz CT molecular complexity index is 709. The molecule has 1 unspecified atom stereocenters. The Morgan fingerprint density at radius 1 is 1.21 bits per heavy atom. The van der Waals surface area contributed by atoms with Gasteiger partial charge in [0, 0.05) is 38.4 Å². The van der Waals surface area contributed by atoms with Gasteiger partial charge in [0.2, 0.25) is 5.91 Å². The Morgan fingerprint density at radius 3 is 2.45 bits per heavy atom. The van der Waals surface area contributed by atoms with Crippen molar-refractivity contribution >= 4 is 11.8 Å². The molecule has 0 bridgehead atoms. The van der Waals surface area contributed by atoms with Gasteiger partial charge in [-0.15, -0.1) is 0 Å². The van der Waals surface area contributed by atoms with Gasteiger partial charge < -0.3 is 15.4 Å². The van der Waals surface area contributed by atoms with Crippen molar-refractivity contribution in [3.8, 4) is 0 Å². The predicted molar refractivity (Wildman–Crippen MR) is 114 cm³/mol. The Morgan fingerprint density at radius 2 is 1.86 bits per heavy atom. The van der Waals surface area contributed by atoms with Gasteiger partial charge in [0.25, 0.3) is 5.91 Å². The number of amides is 2. The van der Waals surface area contributed by atoms with E-state index in [2.05, 4.69) is 43.2 Å². The fourth-order valence-electron chi connectivity index (χ4n) is 4.29. The molecule has 2 aliphatic heterocycles. The minimum Gasteiger partial charge on any atom is -0.381 e. The molecule has 0 aromatic heterocycles. The van der Waals surface area contributed by atoms with Crippen molar-refractivity contribution in [3.05, 3.63) is 35.4 Å². The first-order valence-electron chi connectivity index (χ1n) is 10.8. The van der Waals surface area contributed by atoms with E-state index in [9.17, 15) is 9.59 Å². The van der Waals surface area contributed by atoms with Crippen molar-refractivity contribution < 1.29 is 14.3 Å². The molecule has 0 aliphatic carbocycles. The van der Waals surface area contributed by atoms with Gasteiger partial charge in [-0.2, -0.15) is 0 Å². The maximum atomic E-state index is 13.0. The smallest absolute Gasteiger partial charge is 0.251 e. The molecule has 1 aromatic rings. The molecule has 1 aromatic carbocycles. The minimum atomic E-state index is -0.562. The van der Waals surface area contributed by atoms with Crippen LogP contribution >= 0.6 is 0 Å². The lowest BCUT2D eigenvalue weighted by Crippen LogP contribution is -2.57. The van der Waals surface area contributed by atoms with Crippen LogP contribution in [0, 0.1) is 5.92 Å². The van der Waals surface area contributed by atoms with Crippen LogP contribution in [-0.2, 0) is 9.53 Å². The lowest BCUT2D eigenvalue weighted by molar-refractivity contribution is -0.125.